The summed E-state index contributed by atoms with van der Waals surface area (Å²) in [5, 5.41) is 3.01. The Morgan fingerprint density at radius 3 is 2.69 bits per heavy atom. The Hall–Kier alpha value is -1.71. The molecule has 1 rings (SSSR count). The Morgan fingerprint density at radius 2 is 2.06 bits per heavy atom. The molecule has 0 bridgehead atoms. The van der Waals surface area contributed by atoms with Crippen molar-refractivity contribution in [3.05, 3.63) is 30.3 Å². The van der Waals surface area contributed by atoms with Crippen LogP contribution < -0.4 is 15.8 Å². The molecule has 3 N–H and O–H groups in total. The van der Waals surface area contributed by atoms with E-state index in [1.54, 1.807) is 0 Å². The van der Waals surface area contributed by atoms with E-state index in [0.29, 0.717) is 25.2 Å². The highest BCUT2D eigenvalue weighted by molar-refractivity contribution is 5.78. The molecule has 0 atom stereocenters. The lowest BCUT2D eigenvalue weighted by molar-refractivity contribution is 0.328. The fraction of sp³-hybridized carbons (Fsp3) is 0.417. The third kappa shape index (κ3) is 5.24. The van der Waals surface area contributed by atoms with Gasteiger partial charge in [0.05, 0.1) is 6.54 Å². The molecule has 88 valence electrons. The van der Waals surface area contributed by atoms with Crippen LogP contribution in [0.5, 0.6) is 5.75 Å². The summed E-state index contributed by atoms with van der Waals surface area (Å²) in [7, 11) is 0. The lowest BCUT2D eigenvalue weighted by Gasteiger charge is -2.08. The molecule has 0 aliphatic carbocycles. The predicted molar refractivity (Wildman–Crippen MR) is 66.7 cm³/mol. The second-order valence-corrected chi connectivity index (χ2v) is 3.73. The summed E-state index contributed by atoms with van der Waals surface area (Å²) in [5.41, 5.74) is 5.64. The van der Waals surface area contributed by atoms with Crippen molar-refractivity contribution >= 4 is 5.96 Å². The van der Waals surface area contributed by atoms with Crippen LogP contribution in [-0.4, -0.2) is 25.2 Å². The van der Waals surface area contributed by atoms with E-state index in [9.17, 15) is 0 Å². The maximum absolute atomic E-state index is 5.64. The molecule has 0 aliphatic heterocycles. The molecule has 0 radical (unpaired) electrons. The van der Waals surface area contributed by atoms with E-state index in [-0.39, 0.29) is 0 Å². The number of guanidine groups is 1. The van der Waals surface area contributed by atoms with E-state index in [1.807, 2.05) is 44.2 Å². The minimum absolute atomic E-state index is 0.304. The molecular weight excluding hydrogens is 202 g/mol. The normalized spacial score (nSPS) is 11.6. The number of aliphatic imine (C=N–C) groups is 1. The molecule has 0 heterocycles. The van der Waals surface area contributed by atoms with Crippen LogP contribution in [0.4, 0.5) is 0 Å². The smallest absolute Gasteiger partial charge is 0.188 e. The first kappa shape index (κ1) is 12.4. The Kier molecular flexibility index (Phi) is 5.19. The van der Waals surface area contributed by atoms with Gasteiger partial charge >= 0.3 is 0 Å². The largest absolute Gasteiger partial charge is 0.492 e. The first-order valence-corrected chi connectivity index (χ1v) is 5.43. The maximum Gasteiger partial charge on any atom is 0.188 e. The zero-order valence-electron chi connectivity index (χ0n) is 9.81. The van der Waals surface area contributed by atoms with Crippen molar-refractivity contribution in [1.82, 2.24) is 5.32 Å². The number of nitrogens with zero attached hydrogens (tertiary/aromatic N) is 1. The molecule has 16 heavy (non-hydrogen) atoms. The van der Waals surface area contributed by atoms with Gasteiger partial charge in [-0.2, -0.15) is 0 Å². The minimum Gasteiger partial charge on any atom is -0.492 e. The third-order valence-electron chi connectivity index (χ3n) is 1.82. The summed E-state index contributed by atoms with van der Waals surface area (Å²) in [6, 6.07) is 9.97. The number of ether oxygens (including phenoxy) is 1. The van der Waals surface area contributed by atoms with Crippen LogP contribution in [0.25, 0.3) is 0 Å². The average molecular weight is 221 g/mol. The van der Waals surface area contributed by atoms with E-state index in [0.717, 1.165) is 5.75 Å². The fourth-order valence-electron chi connectivity index (χ4n) is 1.19. The highest BCUT2D eigenvalue weighted by Crippen LogP contribution is 2.07. The lowest BCUT2D eigenvalue weighted by atomic mass is 10.3. The van der Waals surface area contributed by atoms with Gasteiger partial charge in [-0.1, -0.05) is 18.2 Å². The van der Waals surface area contributed by atoms with Gasteiger partial charge in [0.2, 0.25) is 0 Å². The average Bonchev–Trinajstić information content (AvgIpc) is 2.25. The van der Waals surface area contributed by atoms with Gasteiger partial charge in [0.1, 0.15) is 12.4 Å². The lowest BCUT2D eigenvalue weighted by Crippen LogP contribution is -2.37. The van der Waals surface area contributed by atoms with Crippen LogP contribution in [-0.2, 0) is 0 Å². The SMILES string of the molecule is CC(C)NC(N)=NCCOc1ccccc1. The van der Waals surface area contributed by atoms with Crippen LogP contribution in [0.15, 0.2) is 35.3 Å². The Labute approximate surface area is 96.5 Å². The first-order chi connectivity index (χ1) is 7.68. The van der Waals surface area contributed by atoms with Gasteiger partial charge in [0.25, 0.3) is 0 Å². The second kappa shape index (κ2) is 6.71. The molecular formula is C12H19N3O. The topological polar surface area (TPSA) is 59.6 Å². The summed E-state index contributed by atoms with van der Waals surface area (Å²) in [5.74, 6) is 1.32. The number of nitrogens with two attached hydrogens (primary N) is 1. The Bertz CT molecular complexity index is 322. The number of para-hydroxylation sites is 1. The first-order valence-electron chi connectivity index (χ1n) is 5.43. The minimum atomic E-state index is 0.304. The van der Waals surface area contributed by atoms with Crippen molar-refractivity contribution in [2.75, 3.05) is 13.2 Å². The standard InChI is InChI=1S/C12H19N3O/c1-10(2)15-12(13)14-8-9-16-11-6-4-3-5-7-11/h3-7,10H,8-9H2,1-2H3,(H3,13,14,15). The van der Waals surface area contributed by atoms with E-state index < -0.39 is 0 Å². The van der Waals surface area contributed by atoms with Gasteiger partial charge in [-0.15, -0.1) is 0 Å². The molecule has 0 amide bonds. The van der Waals surface area contributed by atoms with Gasteiger partial charge in [0.15, 0.2) is 5.96 Å². The Balaban J connectivity index is 2.21. The van der Waals surface area contributed by atoms with E-state index in [2.05, 4.69) is 10.3 Å². The van der Waals surface area contributed by atoms with Crippen molar-refractivity contribution < 1.29 is 4.74 Å². The van der Waals surface area contributed by atoms with Crippen molar-refractivity contribution in [2.24, 2.45) is 10.7 Å². The highest BCUT2D eigenvalue weighted by atomic mass is 16.5. The quantitative estimate of drug-likeness (QED) is 0.448. The molecule has 0 aliphatic rings. The summed E-state index contributed by atoms with van der Waals surface area (Å²) in [6.45, 7) is 5.12. The van der Waals surface area contributed by atoms with E-state index >= 15 is 0 Å². The molecule has 0 unspecified atom stereocenters. The Morgan fingerprint density at radius 1 is 1.38 bits per heavy atom. The number of hydrogen-bond acceptors (Lipinski definition) is 2. The predicted octanol–water partition coefficient (Wildman–Crippen LogP) is 1.38. The summed E-state index contributed by atoms with van der Waals surface area (Å²) in [4.78, 5) is 4.14. The van der Waals surface area contributed by atoms with Crippen molar-refractivity contribution in [3.8, 4) is 5.75 Å². The van der Waals surface area contributed by atoms with Crippen LogP contribution >= 0.6 is 0 Å². The number of rotatable bonds is 5. The molecule has 0 spiro atoms. The summed E-state index contributed by atoms with van der Waals surface area (Å²) >= 11 is 0. The molecule has 1 aromatic carbocycles. The van der Waals surface area contributed by atoms with Crippen molar-refractivity contribution in [2.45, 2.75) is 19.9 Å². The fourth-order valence-corrected chi connectivity index (χ4v) is 1.19. The second-order valence-electron chi connectivity index (χ2n) is 3.73. The molecule has 0 saturated carbocycles. The van der Waals surface area contributed by atoms with Crippen LogP contribution in [0.1, 0.15) is 13.8 Å². The van der Waals surface area contributed by atoms with Gasteiger partial charge in [0, 0.05) is 6.04 Å². The number of benzene rings is 1. The maximum atomic E-state index is 5.64. The zero-order valence-corrected chi connectivity index (χ0v) is 9.81. The van der Waals surface area contributed by atoms with E-state index in [4.69, 9.17) is 10.5 Å². The molecule has 4 heteroatoms. The number of nitrogens with one attached hydrogen (secondary N) is 1. The van der Waals surface area contributed by atoms with Crippen LogP contribution in [0.2, 0.25) is 0 Å². The van der Waals surface area contributed by atoms with Gasteiger partial charge in [-0.05, 0) is 26.0 Å². The third-order valence-corrected chi connectivity index (χ3v) is 1.82. The number of hydrogen-bond donors (Lipinski definition) is 2. The van der Waals surface area contributed by atoms with Crippen molar-refractivity contribution in [1.29, 1.82) is 0 Å². The monoisotopic (exact) mass is 221 g/mol. The summed E-state index contributed by atoms with van der Waals surface area (Å²) < 4.78 is 5.47. The zero-order chi connectivity index (χ0) is 11.8. The van der Waals surface area contributed by atoms with Gasteiger partial charge in [-0.25, -0.2) is 4.99 Å². The molecule has 0 saturated heterocycles. The van der Waals surface area contributed by atoms with Crippen molar-refractivity contribution in [3.63, 3.8) is 0 Å². The molecule has 1 aromatic rings. The van der Waals surface area contributed by atoms with Gasteiger partial charge < -0.3 is 15.8 Å². The van der Waals surface area contributed by atoms with Crippen LogP contribution in [0, 0.1) is 0 Å². The van der Waals surface area contributed by atoms with Crippen LogP contribution in [0.3, 0.4) is 0 Å². The highest BCUT2D eigenvalue weighted by Gasteiger charge is 1.94. The summed E-state index contributed by atoms with van der Waals surface area (Å²) in [6.07, 6.45) is 0. The molecule has 4 nitrogen and oxygen atoms in total. The molecule has 0 aromatic heterocycles. The molecule has 0 fully saturated rings. The van der Waals surface area contributed by atoms with E-state index in [1.165, 1.54) is 0 Å². The van der Waals surface area contributed by atoms with Gasteiger partial charge in [-0.3, -0.25) is 0 Å².